The van der Waals surface area contributed by atoms with Gasteiger partial charge in [0.25, 0.3) is 0 Å². The van der Waals surface area contributed by atoms with Gasteiger partial charge in [0.15, 0.2) is 0 Å². The number of nitrogens with one attached hydrogen (secondary N) is 2. The third-order valence-electron chi connectivity index (χ3n) is 3.93. The number of rotatable bonds is 5. The topological polar surface area (TPSA) is 53.1 Å². The molecule has 112 valence electrons. The lowest BCUT2D eigenvalue weighted by atomic mass is 10.00. The highest BCUT2D eigenvalue weighted by molar-refractivity contribution is 5.45. The Kier molecular flexibility index (Phi) is 5.17. The molecular formula is C15H27N5. The van der Waals surface area contributed by atoms with E-state index in [1.807, 2.05) is 13.1 Å². The first-order chi connectivity index (χ1) is 9.61. The second kappa shape index (κ2) is 6.88. The van der Waals surface area contributed by atoms with Crippen LogP contribution in [0, 0.1) is 6.92 Å². The number of piperidine rings is 1. The van der Waals surface area contributed by atoms with Crippen molar-refractivity contribution in [1.82, 2.24) is 15.0 Å². The van der Waals surface area contributed by atoms with Gasteiger partial charge in [-0.25, -0.2) is 9.99 Å². The van der Waals surface area contributed by atoms with Crippen LogP contribution in [0.4, 0.5) is 11.8 Å². The maximum Gasteiger partial charge on any atom is 0.224 e. The van der Waals surface area contributed by atoms with Gasteiger partial charge < -0.3 is 10.7 Å². The van der Waals surface area contributed by atoms with Gasteiger partial charge in [0.05, 0.1) is 0 Å². The van der Waals surface area contributed by atoms with Crippen LogP contribution >= 0.6 is 0 Å². The highest BCUT2D eigenvalue weighted by atomic mass is 15.5. The van der Waals surface area contributed by atoms with Gasteiger partial charge in [-0.3, -0.25) is 0 Å². The lowest BCUT2D eigenvalue weighted by Gasteiger charge is -2.39. The largest absolute Gasteiger partial charge is 0.354 e. The zero-order valence-electron chi connectivity index (χ0n) is 13.1. The highest BCUT2D eigenvalue weighted by Crippen LogP contribution is 2.24. The van der Waals surface area contributed by atoms with Gasteiger partial charge in [-0.1, -0.05) is 13.3 Å². The molecular weight excluding hydrogens is 250 g/mol. The van der Waals surface area contributed by atoms with Crippen LogP contribution in [0.15, 0.2) is 6.20 Å². The van der Waals surface area contributed by atoms with Crippen LogP contribution in [0.1, 0.15) is 52.0 Å². The molecule has 0 aromatic carbocycles. The molecule has 0 saturated carbocycles. The van der Waals surface area contributed by atoms with E-state index >= 15 is 0 Å². The highest BCUT2D eigenvalue weighted by Gasteiger charge is 2.25. The first-order valence-electron chi connectivity index (χ1n) is 7.74. The van der Waals surface area contributed by atoms with Crippen molar-refractivity contribution in [1.29, 1.82) is 0 Å². The summed E-state index contributed by atoms with van der Waals surface area (Å²) in [6.07, 6.45) is 6.74. The van der Waals surface area contributed by atoms with Crippen molar-refractivity contribution < 1.29 is 0 Å². The number of nitrogens with zero attached hydrogens (tertiary/aromatic N) is 3. The number of hydrazine groups is 1. The Balaban J connectivity index is 2.10. The monoisotopic (exact) mass is 277 g/mol. The quantitative estimate of drug-likeness (QED) is 0.865. The Hall–Kier alpha value is -1.36. The number of hydrogen-bond acceptors (Lipinski definition) is 5. The molecule has 0 bridgehead atoms. The van der Waals surface area contributed by atoms with Crippen molar-refractivity contribution in [3.63, 3.8) is 0 Å². The maximum atomic E-state index is 4.60. The average molecular weight is 277 g/mol. The molecule has 2 atom stereocenters. The van der Waals surface area contributed by atoms with Gasteiger partial charge in [0, 0.05) is 30.4 Å². The van der Waals surface area contributed by atoms with Crippen molar-refractivity contribution in [3.05, 3.63) is 11.8 Å². The minimum atomic E-state index is 0.542. The lowest BCUT2D eigenvalue weighted by molar-refractivity contribution is 0.135. The zero-order chi connectivity index (χ0) is 14.5. The Morgan fingerprint density at radius 3 is 2.65 bits per heavy atom. The van der Waals surface area contributed by atoms with Crippen molar-refractivity contribution in [3.8, 4) is 0 Å². The minimum Gasteiger partial charge on any atom is -0.354 e. The van der Waals surface area contributed by atoms with E-state index < -0.39 is 0 Å². The molecule has 2 rings (SSSR count). The van der Waals surface area contributed by atoms with Crippen LogP contribution in [0.2, 0.25) is 0 Å². The van der Waals surface area contributed by atoms with Gasteiger partial charge in [-0.15, -0.1) is 0 Å². The van der Waals surface area contributed by atoms with E-state index in [4.69, 9.17) is 0 Å². The van der Waals surface area contributed by atoms with Gasteiger partial charge in [0.2, 0.25) is 5.95 Å². The normalized spacial score (nSPS) is 23.6. The molecule has 1 aromatic rings. The van der Waals surface area contributed by atoms with Gasteiger partial charge in [0.1, 0.15) is 5.82 Å². The molecule has 5 nitrogen and oxygen atoms in total. The minimum absolute atomic E-state index is 0.542. The maximum absolute atomic E-state index is 4.60. The molecule has 1 aliphatic heterocycles. The van der Waals surface area contributed by atoms with Crippen LogP contribution in [0.3, 0.4) is 0 Å². The number of hydrogen-bond donors (Lipinski definition) is 2. The van der Waals surface area contributed by atoms with E-state index in [1.165, 1.54) is 19.3 Å². The molecule has 1 aliphatic rings. The molecule has 0 amide bonds. The third-order valence-corrected chi connectivity index (χ3v) is 3.93. The fourth-order valence-electron chi connectivity index (χ4n) is 2.64. The summed E-state index contributed by atoms with van der Waals surface area (Å²) in [7, 11) is 0. The summed E-state index contributed by atoms with van der Waals surface area (Å²) in [4.78, 5) is 8.92. The first kappa shape index (κ1) is 15.0. The van der Waals surface area contributed by atoms with Crippen LogP contribution in [0.25, 0.3) is 0 Å². The SMILES string of the molecule is CCCNc1ncc(C)c(NN2C(C)CCCC2C)n1. The van der Waals surface area contributed by atoms with Crippen molar-refractivity contribution in [2.45, 2.75) is 65.5 Å². The van der Waals surface area contributed by atoms with Crippen LogP contribution in [-0.4, -0.2) is 33.6 Å². The van der Waals surface area contributed by atoms with Gasteiger partial charge in [-0.05, 0) is 40.0 Å². The number of anilines is 2. The van der Waals surface area contributed by atoms with Crippen LogP contribution < -0.4 is 10.7 Å². The molecule has 20 heavy (non-hydrogen) atoms. The summed E-state index contributed by atoms with van der Waals surface area (Å²) in [6.45, 7) is 9.63. The average Bonchev–Trinajstić information content (AvgIpc) is 2.43. The fraction of sp³-hybridized carbons (Fsp3) is 0.733. The van der Waals surface area contributed by atoms with E-state index in [0.29, 0.717) is 18.0 Å². The van der Waals surface area contributed by atoms with Crippen molar-refractivity contribution in [2.24, 2.45) is 0 Å². The summed E-state index contributed by atoms with van der Waals surface area (Å²) in [6, 6.07) is 1.08. The smallest absolute Gasteiger partial charge is 0.224 e. The fourth-order valence-corrected chi connectivity index (χ4v) is 2.64. The van der Waals surface area contributed by atoms with E-state index in [-0.39, 0.29) is 0 Å². The zero-order valence-corrected chi connectivity index (χ0v) is 13.1. The van der Waals surface area contributed by atoms with Crippen molar-refractivity contribution >= 4 is 11.8 Å². The molecule has 0 spiro atoms. The molecule has 0 radical (unpaired) electrons. The summed E-state index contributed by atoms with van der Waals surface area (Å²) in [5.74, 6) is 1.62. The lowest BCUT2D eigenvalue weighted by Crippen LogP contribution is -2.47. The van der Waals surface area contributed by atoms with Crippen LogP contribution in [0.5, 0.6) is 0 Å². The second-order valence-corrected chi connectivity index (χ2v) is 5.80. The Labute approximate surface area is 122 Å². The standard InChI is InChI=1S/C15H27N5/c1-5-9-16-15-17-10-11(2)14(18-15)19-20-12(3)7-6-8-13(20)4/h10,12-13H,5-9H2,1-4H3,(H2,16,17,18,19). The van der Waals surface area contributed by atoms with Crippen molar-refractivity contribution in [2.75, 3.05) is 17.3 Å². The van der Waals surface area contributed by atoms with Gasteiger partial charge in [-0.2, -0.15) is 4.98 Å². The van der Waals surface area contributed by atoms with E-state index in [0.717, 1.165) is 24.3 Å². The summed E-state index contributed by atoms with van der Waals surface area (Å²) < 4.78 is 0. The van der Waals surface area contributed by atoms with E-state index in [9.17, 15) is 0 Å². The summed E-state index contributed by atoms with van der Waals surface area (Å²) in [5, 5.41) is 5.58. The van der Waals surface area contributed by atoms with E-state index in [2.05, 4.69) is 46.5 Å². The van der Waals surface area contributed by atoms with Gasteiger partial charge >= 0.3 is 0 Å². The molecule has 2 heterocycles. The predicted octanol–water partition coefficient (Wildman–Crippen LogP) is 3.20. The molecule has 2 N–H and O–H groups in total. The number of aryl methyl sites for hydroxylation is 1. The molecule has 1 saturated heterocycles. The Morgan fingerprint density at radius 1 is 1.30 bits per heavy atom. The second-order valence-electron chi connectivity index (χ2n) is 5.80. The molecule has 1 fully saturated rings. The summed E-state index contributed by atoms with van der Waals surface area (Å²) >= 11 is 0. The summed E-state index contributed by atoms with van der Waals surface area (Å²) in [5.41, 5.74) is 4.59. The van der Waals surface area contributed by atoms with E-state index in [1.54, 1.807) is 0 Å². The van der Waals surface area contributed by atoms with Crippen LogP contribution in [-0.2, 0) is 0 Å². The first-order valence-corrected chi connectivity index (χ1v) is 7.74. The molecule has 0 aliphatic carbocycles. The Bertz CT molecular complexity index is 424. The molecule has 5 heteroatoms. The predicted molar refractivity (Wildman–Crippen MR) is 83.8 cm³/mol. The third kappa shape index (κ3) is 3.60. The number of aromatic nitrogens is 2. The molecule has 1 aromatic heterocycles. The molecule has 2 unspecified atom stereocenters. The Morgan fingerprint density at radius 2 is 2.00 bits per heavy atom.